The van der Waals surface area contributed by atoms with E-state index in [9.17, 15) is 0 Å². The molecule has 0 aromatic carbocycles. The Balaban J connectivity index is 0. The molecule has 25 heavy (non-hydrogen) atoms. The molecule has 0 aliphatic carbocycles. The fourth-order valence-corrected chi connectivity index (χ4v) is 2.13. The number of nitrogens with zero attached hydrogens (tertiary/aromatic N) is 2. The van der Waals surface area contributed by atoms with Gasteiger partial charge < -0.3 is 16.2 Å². The van der Waals surface area contributed by atoms with Crippen molar-refractivity contribution in [2.75, 3.05) is 26.7 Å². The molecule has 0 radical (unpaired) electrons. The maximum absolute atomic E-state index is 5.69. The number of pyridine rings is 1. The summed E-state index contributed by atoms with van der Waals surface area (Å²) in [6.45, 7) is 8.09. The molecule has 5 nitrogen and oxygen atoms in total. The fraction of sp³-hybridized carbons (Fsp3) is 0.600. The Morgan fingerprint density at radius 1 is 1.32 bits per heavy atom. The summed E-state index contributed by atoms with van der Waals surface area (Å²) in [4.78, 5) is 8.54. The molecule has 0 amide bonds. The predicted molar refractivity (Wildman–Crippen MR) is 111 cm³/mol. The standard InChI is InChI=1S/C17H28N4O.C2H6.CH4/c1-3-14(12-19)6-5-11-22-17-9-8-15(13-21-17)16(20-2)7-4-10-18;1-2;/h4,7-9,13-14H,3,5-6,10-12,18-19H2,1-2H3;1-2H3;1H4/b7-4-,20-16?;;. The van der Waals surface area contributed by atoms with E-state index in [4.69, 9.17) is 16.2 Å². The Labute approximate surface area is 154 Å². The third-order valence-corrected chi connectivity index (χ3v) is 3.60. The van der Waals surface area contributed by atoms with E-state index in [1.807, 2.05) is 38.1 Å². The summed E-state index contributed by atoms with van der Waals surface area (Å²) in [5.41, 5.74) is 13.0. The average molecular weight is 351 g/mol. The molecule has 4 N–H and O–H groups in total. The summed E-state index contributed by atoms with van der Waals surface area (Å²) in [6, 6.07) is 3.83. The molecule has 1 heterocycles. The third kappa shape index (κ3) is 10.7. The molecular weight excluding hydrogens is 312 g/mol. The van der Waals surface area contributed by atoms with Gasteiger partial charge in [0.05, 0.1) is 12.3 Å². The first-order valence-corrected chi connectivity index (χ1v) is 8.87. The second-order valence-electron chi connectivity index (χ2n) is 5.13. The predicted octanol–water partition coefficient (Wildman–Crippen LogP) is 3.82. The number of ether oxygens (including phenoxy) is 1. The Kier molecular flexibility index (Phi) is 17.5. The molecule has 1 aromatic heterocycles. The number of aromatic nitrogens is 1. The van der Waals surface area contributed by atoms with E-state index in [0.29, 0.717) is 24.9 Å². The topological polar surface area (TPSA) is 86.5 Å². The lowest BCUT2D eigenvalue weighted by Crippen LogP contribution is -2.14. The minimum absolute atomic E-state index is 0. The van der Waals surface area contributed by atoms with Gasteiger partial charge in [-0.25, -0.2) is 4.98 Å². The highest BCUT2D eigenvalue weighted by Gasteiger charge is 2.04. The van der Waals surface area contributed by atoms with Crippen LogP contribution in [0.3, 0.4) is 0 Å². The van der Waals surface area contributed by atoms with E-state index in [0.717, 1.165) is 37.1 Å². The van der Waals surface area contributed by atoms with E-state index in [1.165, 1.54) is 0 Å². The number of nitrogens with two attached hydrogens (primary N) is 2. The van der Waals surface area contributed by atoms with Crippen LogP contribution in [-0.2, 0) is 0 Å². The van der Waals surface area contributed by atoms with Crippen molar-refractivity contribution in [3.05, 3.63) is 36.0 Å². The second kappa shape index (κ2) is 17.1. The smallest absolute Gasteiger partial charge is 0.213 e. The van der Waals surface area contributed by atoms with Crippen LogP contribution in [0, 0.1) is 5.92 Å². The highest BCUT2D eigenvalue weighted by molar-refractivity contribution is 6.08. The number of rotatable bonds is 10. The lowest BCUT2D eigenvalue weighted by molar-refractivity contribution is 0.281. The lowest BCUT2D eigenvalue weighted by atomic mass is 10.0. The SMILES string of the molecule is C.CC.CCC(CN)CCCOc1ccc(C(/C=C\CN)=NC)cn1. The van der Waals surface area contributed by atoms with E-state index in [2.05, 4.69) is 16.9 Å². The molecule has 0 fully saturated rings. The van der Waals surface area contributed by atoms with Gasteiger partial charge in [0.15, 0.2) is 0 Å². The summed E-state index contributed by atoms with van der Waals surface area (Å²) in [5, 5.41) is 0. The molecule has 1 aromatic rings. The van der Waals surface area contributed by atoms with Crippen molar-refractivity contribution in [2.45, 2.75) is 47.5 Å². The van der Waals surface area contributed by atoms with Gasteiger partial charge in [0.1, 0.15) is 0 Å². The van der Waals surface area contributed by atoms with Gasteiger partial charge in [-0.1, -0.05) is 40.7 Å². The van der Waals surface area contributed by atoms with Crippen LogP contribution in [0.2, 0.25) is 0 Å². The van der Waals surface area contributed by atoms with Crippen molar-refractivity contribution in [3.63, 3.8) is 0 Å². The number of allylic oxidation sites excluding steroid dienone is 1. The molecule has 0 aliphatic heterocycles. The Bertz CT molecular complexity index is 465. The van der Waals surface area contributed by atoms with Crippen molar-refractivity contribution >= 4 is 5.71 Å². The van der Waals surface area contributed by atoms with Crippen LogP contribution in [0.5, 0.6) is 5.88 Å². The summed E-state index contributed by atoms with van der Waals surface area (Å²) in [5.74, 6) is 1.24. The summed E-state index contributed by atoms with van der Waals surface area (Å²) in [7, 11) is 1.75. The van der Waals surface area contributed by atoms with Gasteiger partial charge in [-0.15, -0.1) is 0 Å². The van der Waals surface area contributed by atoms with Gasteiger partial charge in [0.25, 0.3) is 0 Å². The Morgan fingerprint density at radius 2 is 2.04 bits per heavy atom. The van der Waals surface area contributed by atoms with Crippen LogP contribution in [0.4, 0.5) is 0 Å². The zero-order valence-electron chi connectivity index (χ0n) is 15.7. The monoisotopic (exact) mass is 350 g/mol. The summed E-state index contributed by atoms with van der Waals surface area (Å²) < 4.78 is 5.67. The van der Waals surface area contributed by atoms with Crippen LogP contribution >= 0.6 is 0 Å². The second-order valence-corrected chi connectivity index (χ2v) is 5.13. The van der Waals surface area contributed by atoms with Crippen LogP contribution in [0.25, 0.3) is 0 Å². The van der Waals surface area contributed by atoms with Crippen molar-refractivity contribution in [2.24, 2.45) is 22.4 Å². The number of hydrogen-bond donors (Lipinski definition) is 2. The molecule has 1 unspecified atom stereocenters. The van der Waals surface area contributed by atoms with E-state index >= 15 is 0 Å². The molecule has 0 saturated heterocycles. The largest absolute Gasteiger partial charge is 0.478 e. The minimum Gasteiger partial charge on any atom is -0.478 e. The zero-order chi connectivity index (χ0) is 18.2. The van der Waals surface area contributed by atoms with Crippen molar-refractivity contribution in [3.8, 4) is 5.88 Å². The molecule has 1 atom stereocenters. The first kappa shape index (κ1) is 25.5. The maximum atomic E-state index is 5.69. The van der Waals surface area contributed by atoms with Crippen molar-refractivity contribution in [1.29, 1.82) is 0 Å². The van der Waals surface area contributed by atoms with Crippen LogP contribution < -0.4 is 16.2 Å². The number of hydrogen-bond acceptors (Lipinski definition) is 5. The molecule has 5 heteroatoms. The molecule has 1 rings (SSSR count). The maximum Gasteiger partial charge on any atom is 0.213 e. The molecule has 0 aliphatic rings. The van der Waals surface area contributed by atoms with Gasteiger partial charge >= 0.3 is 0 Å². The van der Waals surface area contributed by atoms with Crippen molar-refractivity contribution in [1.82, 2.24) is 4.98 Å². The van der Waals surface area contributed by atoms with Gasteiger partial charge in [0, 0.05) is 31.4 Å². The highest BCUT2D eigenvalue weighted by atomic mass is 16.5. The normalized spacial score (nSPS) is 12.2. The molecule has 0 bridgehead atoms. The van der Waals surface area contributed by atoms with Crippen LogP contribution in [0.15, 0.2) is 35.5 Å². The first-order chi connectivity index (χ1) is 11.7. The molecule has 144 valence electrons. The third-order valence-electron chi connectivity index (χ3n) is 3.60. The van der Waals surface area contributed by atoms with E-state index in [1.54, 1.807) is 13.2 Å². The van der Waals surface area contributed by atoms with E-state index in [-0.39, 0.29) is 7.43 Å². The van der Waals surface area contributed by atoms with Gasteiger partial charge in [-0.05, 0) is 37.4 Å². The fourth-order valence-electron chi connectivity index (χ4n) is 2.13. The Morgan fingerprint density at radius 3 is 2.52 bits per heavy atom. The Hall–Kier alpha value is -1.72. The number of aliphatic imine (C=N–C) groups is 1. The molecule has 0 spiro atoms. The molecule has 0 saturated carbocycles. The van der Waals surface area contributed by atoms with Crippen LogP contribution in [0.1, 0.15) is 53.0 Å². The summed E-state index contributed by atoms with van der Waals surface area (Å²) in [6.07, 6.45) is 8.76. The first-order valence-electron chi connectivity index (χ1n) is 8.87. The quantitative estimate of drug-likeness (QED) is 0.496. The highest BCUT2D eigenvalue weighted by Crippen LogP contribution is 2.12. The lowest BCUT2D eigenvalue weighted by Gasteiger charge is -2.12. The zero-order valence-corrected chi connectivity index (χ0v) is 15.7. The van der Waals surface area contributed by atoms with Gasteiger partial charge in [-0.3, -0.25) is 4.99 Å². The minimum atomic E-state index is 0. The van der Waals surface area contributed by atoms with Crippen molar-refractivity contribution < 1.29 is 4.74 Å². The van der Waals surface area contributed by atoms with Gasteiger partial charge in [-0.2, -0.15) is 0 Å². The molecular formula is C20H38N4O. The summed E-state index contributed by atoms with van der Waals surface area (Å²) >= 11 is 0. The van der Waals surface area contributed by atoms with E-state index < -0.39 is 0 Å². The average Bonchev–Trinajstić information content (AvgIpc) is 2.65. The van der Waals surface area contributed by atoms with Gasteiger partial charge in [0.2, 0.25) is 5.88 Å². The van der Waals surface area contributed by atoms with Crippen LogP contribution in [-0.4, -0.2) is 37.4 Å².